The lowest BCUT2D eigenvalue weighted by Crippen LogP contribution is -2.16. The highest BCUT2D eigenvalue weighted by molar-refractivity contribution is 9.10. The maximum Gasteiger partial charge on any atom is 0.263 e. The van der Waals surface area contributed by atoms with Gasteiger partial charge in [0.05, 0.1) is 24.2 Å². The zero-order valence-electron chi connectivity index (χ0n) is 18.0. The number of carbonyl (C=O) groups is 1. The van der Waals surface area contributed by atoms with Gasteiger partial charge in [0, 0.05) is 22.6 Å². The van der Waals surface area contributed by atoms with E-state index in [0.717, 1.165) is 17.3 Å². The van der Waals surface area contributed by atoms with Crippen molar-refractivity contribution in [3.63, 3.8) is 0 Å². The highest BCUT2D eigenvalue weighted by Crippen LogP contribution is 2.26. The Bertz CT molecular complexity index is 1220. The molecule has 9 nitrogen and oxygen atoms in total. The van der Waals surface area contributed by atoms with Gasteiger partial charge in [0.15, 0.2) is 0 Å². The summed E-state index contributed by atoms with van der Waals surface area (Å²) in [6.07, 6.45) is 4.59. The van der Waals surface area contributed by atoms with Gasteiger partial charge in [-0.05, 0) is 48.9 Å². The number of unbranched alkanes of at least 4 members (excludes halogenated alkanes) is 1. The first-order valence-electron chi connectivity index (χ1n) is 10.1. The van der Waals surface area contributed by atoms with Crippen LogP contribution in [0, 0.1) is 0 Å². The number of hydrogen-bond acceptors (Lipinski definition) is 7. The topological polar surface area (TPSA) is 120 Å². The van der Waals surface area contributed by atoms with Crippen molar-refractivity contribution in [1.29, 1.82) is 0 Å². The van der Waals surface area contributed by atoms with Gasteiger partial charge in [0.1, 0.15) is 5.75 Å². The Morgan fingerprint density at radius 3 is 2.52 bits per heavy atom. The van der Waals surface area contributed by atoms with Gasteiger partial charge >= 0.3 is 0 Å². The minimum atomic E-state index is -3.94. The first-order chi connectivity index (χ1) is 15.8. The molecule has 33 heavy (non-hydrogen) atoms. The van der Waals surface area contributed by atoms with Crippen molar-refractivity contribution in [3.05, 3.63) is 64.9 Å². The molecule has 0 aliphatic heterocycles. The van der Waals surface area contributed by atoms with Crippen LogP contribution in [0.5, 0.6) is 11.6 Å². The zero-order valence-corrected chi connectivity index (χ0v) is 20.4. The summed E-state index contributed by atoms with van der Waals surface area (Å²) in [5, 5.41) is 2.77. The van der Waals surface area contributed by atoms with Crippen LogP contribution in [0.1, 0.15) is 30.1 Å². The van der Waals surface area contributed by atoms with Crippen molar-refractivity contribution in [2.24, 2.45) is 0 Å². The van der Waals surface area contributed by atoms with Crippen molar-refractivity contribution >= 4 is 43.4 Å². The van der Waals surface area contributed by atoms with Crippen LogP contribution in [0.4, 0.5) is 11.5 Å². The van der Waals surface area contributed by atoms with Crippen LogP contribution < -0.4 is 19.5 Å². The number of carbonyl (C=O) groups excluding carboxylic acids is 1. The number of anilines is 2. The number of rotatable bonds is 10. The largest absolute Gasteiger partial charge is 0.493 e. The van der Waals surface area contributed by atoms with Gasteiger partial charge in [-0.15, -0.1) is 0 Å². The lowest BCUT2D eigenvalue weighted by atomic mass is 10.2. The number of ether oxygens (including phenoxy) is 2. The summed E-state index contributed by atoms with van der Waals surface area (Å²) in [4.78, 5) is 20.7. The Morgan fingerprint density at radius 1 is 1.09 bits per heavy atom. The first kappa shape index (κ1) is 24.5. The zero-order chi connectivity index (χ0) is 23.8. The van der Waals surface area contributed by atoms with E-state index in [4.69, 9.17) is 9.47 Å². The van der Waals surface area contributed by atoms with E-state index >= 15 is 0 Å². The van der Waals surface area contributed by atoms with E-state index < -0.39 is 10.0 Å². The van der Waals surface area contributed by atoms with Gasteiger partial charge in [-0.1, -0.05) is 29.3 Å². The van der Waals surface area contributed by atoms with Crippen LogP contribution in [-0.2, 0) is 10.0 Å². The second kappa shape index (κ2) is 11.1. The average molecular weight is 535 g/mol. The second-order valence-corrected chi connectivity index (χ2v) is 9.44. The number of aromatic nitrogens is 2. The predicted octanol–water partition coefficient (Wildman–Crippen LogP) is 4.48. The fourth-order valence-electron chi connectivity index (χ4n) is 2.78. The summed E-state index contributed by atoms with van der Waals surface area (Å²) >= 11 is 3.37. The number of amides is 1. The fraction of sp³-hybridized carbons (Fsp3) is 0.227. The number of halogens is 1. The van der Waals surface area contributed by atoms with Gasteiger partial charge in [0.2, 0.25) is 5.82 Å². The Balaban J connectivity index is 1.74. The molecular formula is C22H23BrN4O5S. The molecule has 0 unspecified atom stereocenters. The molecule has 0 saturated heterocycles. The number of benzene rings is 2. The third-order valence-corrected chi connectivity index (χ3v) is 6.30. The summed E-state index contributed by atoms with van der Waals surface area (Å²) < 4.78 is 39.2. The van der Waals surface area contributed by atoms with Gasteiger partial charge in [0.25, 0.3) is 21.8 Å². The first-order valence-corrected chi connectivity index (χ1v) is 12.3. The lowest BCUT2D eigenvalue weighted by molar-refractivity contribution is 0.102. The van der Waals surface area contributed by atoms with Crippen LogP contribution in [0.2, 0.25) is 0 Å². The van der Waals surface area contributed by atoms with Crippen LogP contribution in [0.3, 0.4) is 0 Å². The molecule has 2 N–H and O–H groups in total. The number of sulfonamides is 1. The molecule has 1 heterocycles. The minimum Gasteiger partial charge on any atom is -0.493 e. The average Bonchev–Trinajstić information content (AvgIpc) is 2.80. The monoisotopic (exact) mass is 534 g/mol. The Morgan fingerprint density at radius 2 is 1.82 bits per heavy atom. The molecule has 0 atom stereocenters. The Kier molecular flexibility index (Phi) is 8.23. The number of nitrogens with one attached hydrogen (secondary N) is 2. The fourth-order valence-corrected chi connectivity index (χ4v) is 4.15. The third-order valence-electron chi connectivity index (χ3n) is 4.45. The van der Waals surface area contributed by atoms with Crippen molar-refractivity contribution < 1.29 is 22.7 Å². The molecule has 0 aliphatic rings. The summed E-state index contributed by atoms with van der Waals surface area (Å²) in [6.45, 7) is 2.57. The maximum absolute atomic E-state index is 12.8. The molecule has 174 valence electrons. The van der Waals surface area contributed by atoms with E-state index in [1.54, 1.807) is 18.2 Å². The summed E-state index contributed by atoms with van der Waals surface area (Å²) in [7, 11) is -2.57. The van der Waals surface area contributed by atoms with E-state index in [9.17, 15) is 13.2 Å². The molecule has 0 radical (unpaired) electrons. The van der Waals surface area contributed by atoms with E-state index in [0.29, 0.717) is 23.6 Å². The summed E-state index contributed by atoms with van der Waals surface area (Å²) in [5.41, 5.74) is 0.795. The quantitative estimate of drug-likeness (QED) is 0.368. The molecule has 2 aromatic carbocycles. The van der Waals surface area contributed by atoms with Gasteiger partial charge in [-0.2, -0.15) is 0 Å². The van der Waals surface area contributed by atoms with Crippen molar-refractivity contribution in [2.45, 2.75) is 24.7 Å². The third kappa shape index (κ3) is 6.42. The van der Waals surface area contributed by atoms with Gasteiger partial charge in [-0.3, -0.25) is 9.52 Å². The van der Waals surface area contributed by atoms with E-state index in [1.807, 2.05) is 0 Å². The van der Waals surface area contributed by atoms with E-state index in [2.05, 4.69) is 42.9 Å². The summed E-state index contributed by atoms with van der Waals surface area (Å²) in [6, 6.07) is 11.0. The molecular weight excluding hydrogens is 512 g/mol. The smallest absolute Gasteiger partial charge is 0.263 e. The number of hydrogen-bond donors (Lipinski definition) is 2. The molecule has 0 bridgehead atoms. The SMILES string of the molecule is CCCCOc1ccc(Br)cc1C(=O)Nc1ccc(S(=O)(=O)Nc2nccnc2OC)cc1. The standard InChI is InChI=1S/C22H23BrN4O5S/c1-3-4-13-32-19-10-5-15(23)14-18(19)21(28)26-16-6-8-17(9-7-16)33(29,30)27-20-22(31-2)25-12-11-24-20/h5-12,14H,3-4,13H2,1-2H3,(H,24,27)(H,26,28). The number of nitrogens with zero attached hydrogens (tertiary/aromatic N) is 2. The molecule has 3 aromatic rings. The normalized spacial score (nSPS) is 11.0. The van der Waals surface area contributed by atoms with Gasteiger partial charge in [-0.25, -0.2) is 18.4 Å². The predicted molar refractivity (Wildman–Crippen MR) is 128 cm³/mol. The molecule has 3 rings (SSSR count). The highest BCUT2D eigenvalue weighted by Gasteiger charge is 2.19. The van der Waals surface area contributed by atoms with E-state index in [-0.39, 0.29) is 22.5 Å². The summed E-state index contributed by atoms with van der Waals surface area (Å²) in [5.74, 6) is 0.130. The maximum atomic E-state index is 12.8. The van der Waals surface area contributed by atoms with E-state index in [1.165, 1.54) is 43.8 Å². The van der Waals surface area contributed by atoms with Crippen molar-refractivity contribution in [3.8, 4) is 11.6 Å². The van der Waals surface area contributed by atoms with Crippen molar-refractivity contribution in [2.75, 3.05) is 23.8 Å². The molecule has 11 heteroatoms. The molecule has 1 aromatic heterocycles. The number of methoxy groups -OCH3 is 1. The highest BCUT2D eigenvalue weighted by atomic mass is 79.9. The van der Waals surface area contributed by atoms with Crippen LogP contribution in [-0.4, -0.2) is 38.0 Å². The van der Waals surface area contributed by atoms with Crippen LogP contribution in [0.15, 0.2) is 64.2 Å². The Hall–Kier alpha value is -3.18. The molecule has 0 aliphatic carbocycles. The lowest BCUT2D eigenvalue weighted by Gasteiger charge is -2.13. The molecule has 0 fully saturated rings. The van der Waals surface area contributed by atoms with Crippen LogP contribution >= 0.6 is 15.9 Å². The second-order valence-electron chi connectivity index (χ2n) is 6.84. The van der Waals surface area contributed by atoms with Crippen molar-refractivity contribution in [1.82, 2.24) is 9.97 Å². The Labute approximate surface area is 200 Å². The molecule has 0 saturated carbocycles. The molecule has 1 amide bonds. The van der Waals surface area contributed by atoms with Gasteiger partial charge < -0.3 is 14.8 Å². The minimum absolute atomic E-state index is 0.0146. The molecule has 0 spiro atoms. The van der Waals surface area contributed by atoms with Crippen LogP contribution in [0.25, 0.3) is 0 Å².